The van der Waals surface area contributed by atoms with Crippen LogP contribution in [0.2, 0.25) is 0 Å². The van der Waals surface area contributed by atoms with E-state index in [2.05, 4.69) is 14.2 Å². The van der Waals surface area contributed by atoms with E-state index in [9.17, 15) is 19.8 Å². The molecule has 1 rings (SSSR count). The molecule has 0 spiro atoms. The summed E-state index contributed by atoms with van der Waals surface area (Å²) in [6, 6.07) is 4.79. The van der Waals surface area contributed by atoms with Crippen LogP contribution in [0.15, 0.2) is 18.2 Å². The minimum atomic E-state index is -1.44. The maximum atomic E-state index is 11.5. The number of esters is 1. The Morgan fingerprint density at radius 3 is 2.35 bits per heavy atom. The summed E-state index contributed by atoms with van der Waals surface area (Å²) < 4.78 is 13.4. The van der Waals surface area contributed by atoms with Crippen molar-refractivity contribution in [3.8, 4) is 0 Å². The molecule has 0 aliphatic rings. The lowest BCUT2D eigenvalue weighted by atomic mass is 9.91. The molecule has 2 unspecified atom stereocenters. The molecule has 2 atom stereocenters. The van der Waals surface area contributed by atoms with Gasteiger partial charge in [-0.15, -0.1) is 0 Å². The standard InChI is InChI=1S/C14H18O6.C2H6O/c1-3-9-6-10(13(17)19-2)4-5-11(9)12(7-15)14(18)20-8-16;1-3-2/h4-6,8,12,14-15,18H,3,7H2,1-2H3;1-2H3. The molecule has 2 N–H and O–H groups in total. The Bertz CT molecular complexity index is 487. The number of hydrogen-bond donors (Lipinski definition) is 2. The normalized spacial score (nSPS) is 12.4. The lowest BCUT2D eigenvalue weighted by molar-refractivity contribution is -0.157. The number of carbonyl (C=O) groups is 2. The molecule has 0 amide bonds. The first-order valence-corrected chi connectivity index (χ1v) is 6.99. The molecule has 7 nitrogen and oxygen atoms in total. The third kappa shape index (κ3) is 6.35. The van der Waals surface area contributed by atoms with Crippen molar-refractivity contribution in [2.75, 3.05) is 27.9 Å². The van der Waals surface area contributed by atoms with Gasteiger partial charge >= 0.3 is 5.97 Å². The van der Waals surface area contributed by atoms with Crippen molar-refractivity contribution in [2.24, 2.45) is 0 Å². The number of aryl methyl sites for hydroxylation is 1. The van der Waals surface area contributed by atoms with E-state index >= 15 is 0 Å². The van der Waals surface area contributed by atoms with Crippen LogP contribution < -0.4 is 0 Å². The highest BCUT2D eigenvalue weighted by Crippen LogP contribution is 2.25. The molecule has 0 aliphatic carbocycles. The molecule has 0 aliphatic heterocycles. The van der Waals surface area contributed by atoms with Crippen molar-refractivity contribution in [3.05, 3.63) is 34.9 Å². The average molecular weight is 328 g/mol. The van der Waals surface area contributed by atoms with Gasteiger partial charge in [-0.1, -0.05) is 13.0 Å². The summed E-state index contributed by atoms with van der Waals surface area (Å²) in [7, 11) is 4.54. The Labute approximate surface area is 135 Å². The largest absolute Gasteiger partial charge is 0.465 e. The van der Waals surface area contributed by atoms with Gasteiger partial charge in [-0.25, -0.2) is 4.79 Å². The van der Waals surface area contributed by atoms with Crippen molar-refractivity contribution in [1.82, 2.24) is 0 Å². The van der Waals surface area contributed by atoms with Crippen molar-refractivity contribution >= 4 is 12.4 Å². The molecule has 0 aromatic heterocycles. The fourth-order valence-electron chi connectivity index (χ4n) is 2.01. The van der Waals surface area contributed by atoms with Crippen LogP contribution in [0.5, 0.6) is 0 Å². The highest BCUT2D eigenvalue weighted by Gasteiger charge is 2.24. The number of carbonyl (C=O) groups excluding carboxylic acids is 2. The summed E-state index contributed by atoms with van der Waals surface area (Å²) in [5.74, 6) is -1.22. The van der Waals surface area contributed by atoms with Crippen LogP contribution in [0.4, 0.5) is 0 Å². The van der Waals surface area contributed by atoms with Crippen LogP contribution in [-0.2, 0) is 25.4 Å². The van der Waals surface area contributed by atoms with E-state index in [-0.39, 0.29) is 13.1 Å². The maximum absolute atomic E-state index is 11.5. The second-order valence-electron chi connectivity index (χ2n) is 4.58. The number of benzene rings is 1. The number of ether oxygens (including phenoxy) is 3. The van der Waals surface area contributed by atoms with Crippen LogP contribution in [-0.4, -0.2) is 56.9 Å². The van der Waals surface area contributed by atoms with E-state index < -0.39 is 18.2 Å². The second-order valence-corrected chi connectivity index (χ2v) is 4.58. The number of rotatable bonds is 7. The van der Waals surface area contributed by atoms with Gasteiger partial charge in [0.1, 0.15) is 0 Å². The number of aliphatic hydroxyl groups excluding tert-OH is 2. The summed E-state index contributed by atoms with van der Waals surface area (Å²) in [4.78, 5) is 21.8. The minimum absolute atomic E-state index is 0.127. The Kier molecular flexibility index (Phi) is 10.6. The molecule has 23 heavy (non-hydrogen) atoms. The first-order chi connectivity index (χ1) is 11.0. The van der Waals surface area contributed by atoms with E-state index in [1.54, 1.807) is 26.4 Å². The van der Waals surface area contributed by atoms with Crippen LogP contribution in [0, 0.1) is 0 Å². The number of aliphatic hydroxyl groups is 2. The maximum Gasteiger partial charge on any atom is 0.337 e. The average Bonchev–Trinajstić information content (AvgIpc) is 2.56. The van der Waals surface area contributed by atoms with E-state index in [4.69, 9.17) is 0 Å². The number of hydrogen-bond acceptors (Lipinski definition) is 7. The van der Waals surface area contributed by atoms with E-state index in [0.717, 1.165) is 5.56 Å². The fourth-order valence-corrected chi connectivity index (χ4v) is 2.01. The van der Waals surface area contributed by atoms with Gasteiger partial charge in [0.2, 0.25) is 6.29 Å². The predicted molar refractivity (Wildman–Crippen MR) is 83.1 cm³/mol. The van der Waals surface area contributed by atoms with Gasteiger partial charge in [-0.05, 0) is 29.7 Å². The molecule has 1 aromatic carbocycles. The van der Waals surface area contributed by atoms with E-state index in [0.29, 0.717) is 17.5 Å². The van der Waals surface area contributed by atoms with E-state index in [1.807, 2.05) is 6.92 Å². The van der Waals surface area contributed by atoms with Gasteiger partial charge < -0.3 is 24.4 Å². The summed E-state index contributed by atoms with van der Waals surface area (Å²) in [5.41, 5.74) is 1.77. The fraction of sp³-hybridized carbons (Fsp3) is 0.500. The molecule has 0 fully saturated rings. The second kappa shape index (κ2) is 11.6. The molecular formula is C16H24O7. The monoisotopic (exact) mass is 328 g/mol. The minimum Gasteiger partial charge on any atom is -0.465 e. The summed E-state index contributed by atoms with van der Waals surface area (Å²) in [6.45, 7) is 1.61. The topological polar surface area (TPSA) is 102 Å². The highest BCUT2D eigenvalue weighted by atomic mass is 16.6. The Hall–Kier alpha value is -1.96. The molecule has 1 aromatic rings. The lowest BCUT2D eigenvalue weighted by Gasteiger charge is -2.22. The van der Waals surface area contributed by atoms with Gasteiger partial charge in [-0.2, -0.15) is 0 Å². The third-order valence-electron chi connectivity index (χ3n) is 3.08. The summed E-state index contributed by atoms with van der Waals surface area (Å²) >= 11 is 0. The van der Waals surface area contributed by atoms with Crippen LogP contribution in [0.3, 0.4) is 0 Å². The molecule has 0 radical (unpaired) electrons. The van der Waals surface area contributed by atoms with E-state index in [1.165, 1.54) is 13.2 Å². The van der Waals surface area contributed by atoms with Crippen LogP contribution in [0.25, 0.3) is 0 Å². The SMILES string of the molecule is CCc1cc(C(=O)OC)ccc1C(CO)C(O)OC=O.COC. The molecule has 0 saturated heterocycles. The first kappa shape index (κ1) is 21.0. The Balaban J connectivity index is 0.00000149. The van der Waals surface area contributed by atoms with Gasteiger partial charge in [0.25, 0.3) is 6.47 Å². The van der Waals surface area contributed by atoms with Crippen molar-refractivity contribution in [2.45, 2.75) is 25.6 Å². The van der Waals surface area contributed by atoms with Crippen molar-refractivity contribution < 1.29 is 34.0 Å². The molecular weight excluding hydrogens is 304 g/mol. The Morgan fingerprint density at radius 1 is 1.30 bits per heavy atom. The Morgan fingerprint density at radius 2 is 1.91 bits per heavy atom. The summed E-state index contributed by atoms with van der Waals surface area (Å²) in [6.07, 6.45) is -0.850. The van der Waals surface area contributed by atoms with Gasteiger partial charge in [0.15, 0.2) is 0 Å². The van der Waals surface area contributed by atoms with Crippen molar-refractivity contribution in [1.29, 1.82) is 0 Å². The molecule has 0 heterocycles. The van der Waals surface area contributed by atoms with Crippen LogP contribution >= 0.6 is 0 Å². The molecule has 0 saturated carbocycles. The zero-order chi connectivity index (χ0) is 17.8. The van der Waals surface area contributed by atoms with Gasteiger partial charge in [-0.3, -0.25) is 4.79 Å². The zero-order valence-corrected chi connectivity index (χ0v) is 13.8. The summed E-state index contributed by atoms with van der Waals surface area (Å²) in [5, 5.41) is 19.1. The first-order valence-electron chi connectivity index (χ1n) is 6.99. The highest BCUT2D eigenvalue weighted by molar-refractivity contribution is 5.89. The third-order valence-corrected chi connectivity index (χ3v) is 3.08. The van der Waals surface area contributed by atoms with Crippen LogP contribution in [0.1, 0.15) is 34.3 Å². The lowest BCUT2D eigenvalue weighted by Crippen LogP contribution is -2.25. The number of methoxy groups -OCH3 is 2. The molecule has 130 valence electrons. The quantitative estimate of drug-likeness (QED) is 0.435. The molecule has 0 bridgehead atoms. The van der Waals surface area contributed by atoms with Crippen molar-refractivity contribution in [3.63, 3.8) is 0 Å². The molecule has 7 heteroatoms. The zero-order valence-electron chi connectivity index (χ0n) is 13.8. The van der Waals surface area contributed by atoms with Gasteiger partial charge in [0, 0.05) is 14.2 Å². The van der Waals surface area contributed by atoms with Gasteiger partial charge in [0.05, 0.1) is 25.2 Å². The predicted octanol–water partition coefficient (Wildman–Crippen LogP) is 0.865. The smallest absolute Gasteiger partial charge is 0.337 e.